The van der Waals surface area contributed by atoms with Crippen LogP contribution in [0, 0.1) is 0 Å². The van der Waals surface area contributed by atoms with Crippen LogP contribution in [-0.4, -0.2) is 23.8 Å². The highest BCUT2D eigenvalue weighted by atomic mass is 79.9. The van der Waals surface area contributed by atoms with Crippen molar-refractivity contribution in [2.75, 3.05) is 0 Å². The zero-order valence-corrected chi connectivity index (χ0v) is 14.7. The number of carbonyl (C=O) groups excluding carboxylic acids is 3. The van der Waals surface area contributed by atoms with Gasteiger partial charge < -0.3 is 25.0 Å². The molecule has 0 fully saturated rings. The third-order valence-corrected chi connectivity index (χ3v) is 3.66. The summed E-state index contributed by atoms with van der Waals surface area (Å²) in [6.07, 6.45) is 2.70. The molecule has 7 nitrogen and oxygen atoms in total. The number of amides is 2. The van der Waals surface area contributed by atoms with E-state index in [1.807, 2.05) is 0 Å². The molecule has 1 aromatic carbocycles. The summed E-state index contributed by atoms with van der Waals surface area (Å²) in [5.41, 5.74) is 0.172. The summed E-state index contributed by atoms with van der Waals surface area (Å²) in [7, 11) is 0. The van der Waals surface area contributed by atoms with Gasteiger partial charge in [-0.2, -0.15) is 0 Å². The Bertz CT molecular complexity index is 797. The molecule has 0 aliphatic rings. The van der Waals surface area contributed by atoms with Crippen molar-refractivity contribution in [2.45, 2.75) is 13.0 Å². The van der Waals surface area contributed by atoms with Crippen molar-refractivity contribution >= 4 is 39.8 Å². The van der Waals surface area contributed by atoms with Crippen LogP contribution < -0.4 is 15.7 Å². The van der Waals surface area contributed by atoms with Crippen molar-refractivity contribution in [1.29, 1.82) is 0 Å². The zero-order valence-electron chi connectivity index (χ0n) is 13.1. The van der Waals surface area contributed by atoms with Gasteiger partial charge in [0.05, 0.1) is 18.3 Å². The first kappa shape index (κ1) is 18.5. The number of nitrogens with one attached hydrogen (secondary N) is 2. The molecule has 2 rings (SSSR count). The van der Waals surface area contributed by atoms with Gasteiger partial charge in [-0.05, 0) is 43.3 Å². The fourth-order valence-corrected chi connectivity index (χ4v) is 2.07. The molecule has 8 heteroatoms. The van der Waals surface area contributed by atoms with Gasteiger partial charge in [0.15, 0.2) is 0 Å². The van der Waals surface area contributed by atoms with Crippen LogP contribution in [0.4, 0.5) is 0 Å². The SMILES string of the molecule is C[C@H](NC(=O)/C(=C\c1ccco1)NC(=O)c1ccc(Br)cc1)C(=O)[O-]. The summed E-state index contributed by atoms with van der Waals surface area (Å²) in [5, 5.41) is 15.5. The van der Waals surface area contributed by atoms with Crippen LogP contribution in [0.5, 0.6) is 0 Å². The minimum Gasteiger partial charge on any atom is -0.548 e. The second-order valence-corrected chi connectivity index (χ2v) is 5.96. The van der Waals surface area contributed by atoms with E-state index in [1.54, 1.807) is 36.4 Å². The van der Waals surface area contributed by atoms with E-state index in [9.17, 15) is 19.5 Å². The molecular formula is C17H14BrN2O5-. The van der Waals surface area contributed by atoms with E-state index in [1.165, 1.54) is 19.3 Å². The summed E-state index contributed by atoms with van der Waals surface area (Å²) in [6, 6.07) is 8.49. The molecule has 2 aromatic rings. The lowest BCUT2D eigenvalue weighted by molar-refractivity contribution is -0.307. The molecule has 1 atom stereocenters. The number of hydrogen-bond acceptors (Lipinski definition) is 5. The molecule has 0 spiro atoms. The lowest BCUT2D eigenvalue weighted by Gasteiger charge is -2.16. The molecule has 0 aliphatic heterocycles. The van der Waals surface area contributed by atoms with E-state index in [-0.39, 0.29) is 5.70 Å². The first-order valence-corrected chi connectivity index (χ1v) is 8.00. The topological polar surface area (TPSA) is 111 Å². The first-order valence-electron chi connectivity index (χ1n) is 7.20. The molecule has 0 saturated heterocycles. The maximum Gasteiger partial charge on any atom is 0.268 e. The summed E-state index contributed by atoms with van der Waals surface area (Å²) in [4.78, 5) is 35.4. The van der Waals surface area contributed by atoms with Gasteiger partial charge in [-0.3, -0.25) is 9.59 Å². The standard InChI is InChI=1S/C17H15BrN2O5/c1-10(17(23)24)19-16(22)14(9-13-3-2-8-25-13)20-15(21)11-4-6-12(18)7-5-11/h2-10H,1H3,(H,19,22)(H,20,21)(H,23,24)/p-1/b14-9+/t10-/m0/s1. The fourth-order valence-electron chi connectivity index (χ4n) is 1.80. The Morgan fingerprint density at radius 1 is 1.20 bits per heavy atom. The lowest BCUT2D eigenvalue weighted by atomic mass is 10.2. The maximum atomic E-state index is 12.3. The van der Waals surface area contributed by atoms with Gasteiger partial charge in [0.1, 0.15) is 11.5 Å². The normalized spacial score (nSPS) is 12.3. The van der Waals surface area contributed by atoms with Crippen LogP contribution in [-0.2, 0) is 9.59 Å². The van der Waals surface area contributed by atoms with Crippen LogP contribution in [0.15, 0.2) is 57.2 Å². The number of furan rings is 1. The maximum absolute atomic E-state index is 12.3. The monoisotopic (exact) mass is 405 g/mol. The number of benzene rings is 1. The predicted octanol–water partition coefficient (Wildman–Crippen LogP) is 1.07. The van der Waals surface area contributed by atoms with E-state index >= 15 is 0 Å². The second kappa shape index (κ2) is 8.29. The van der Waals surface area contributed by atoms with Crippen LogP contribution in [0.3, 0.4) is 0 Å². The Morgan fingerprint density at radius 2 is 1.88 bits per heavy atom. The molecule has 25 heavy (non-hydrogen) atoms. The fraction of sp³-hybridized carbons (Fsp3) is 0.118. The van der Waals surface area contributed by atoms with Crippen molar-refractivity contribution in [1.82, 2.24) is 10.6 Å². The Kier molecular flexibility index (Phi) is 6.13. The molecule has 130 valence electrons. The van der Waals surface area contributed by atoms with Gasteiger partial charge >= 0.3 is 0 Å². The second-order valence-electron chi connectivity index (χ2n) is 5.05. The molecule has 2 N–H and O–H groups in total. The Morgan fingerprint density at radius 3 is 2.44 bits per heavy atom. The average Bonchev–Trinajstić information content (AvgIpc) is 3.07. The molecule has 0 bridgehead atoms. The Balaban J connectivity index is 2.22. The van der Waals surface area contributed by atoms with Crippen LogP contribution in [0.2, 0.25) is 0 Å². The number of halogens is 1. The van der Waals surface area contributed by atoms with Crippen molar-refractivity contribution in [3.8, 4) is 0 Å². The van der Waals surface area contributed by atoms with Gasteiger partial charge in [0.25, 0.3) is 11.8 Å². The molecule has 2 amide bonds. The summed E-state index contributed by atoms with van der Waals surface area (Å²) in [6.45, 7) is 1.26. The highest BCUT2D eigenvalue weighted by molar-refractivity contribution is 9.10. The number of hydrogen-bond donors (Lipinski definition) is 2. The van der Waals surface area contributed by atoms with Crippen LogP contribution >= 0.6 is 15.9 Å². The quantitative estimate of drug-likeness (QED) is 0.698. The number of carbonyl (C=O) groups is 3. The summed E-state index contributed by atoms with van der Waals surface area (Å²) in [5.74, 6) is -2.42. The lowest BCUT2D eigenvalue weighted by Crippen LogP contribution is -2.48. The van der Waals surface area contributed by atoms with Gasteiger partial charge in [-0.25, -0.2) is 0 Å². The van der Waals surface area contributed by atoms with Crippen molar-refractivity contribution in [3.63, 3.8) is 0 Å². The highest BCUT2D eigenvalue weighted by Gasteiger charge is 2.17. The third kappa shape index (κ3) is 5.32. The van der Waals surface area contributed by atoms with Gasteiger partial charge in [-0.15, -0.1) is 0 Å². The van der Waals surface area contributed by atoms with E-state index in [0.29, 0.717) is 11.3 Å². The van der Waals surface area contributed by atoms with Gasteiger partial charge in [-0.1, -0.05) is 15.9 Å². The molecule has 0 aliphatic carbocycles. The molecule has 1 heterocycles. The van der Waals surface area contributed by atoms with E-state index < -0.39 is 23.8 Å². The van der Waals surface area contributed by atoms with E-state index in [4.69, 9.17) is 4.42 Å². The molecule has 0 radical (unpaired) electrons. The summed E-state index contributed by atoms with van der Waals surface area (Å²) < 4.78 is 5.93. The highest BCUT2D eigenvalue weighted by Crippen LogP contribution is 2.12. The van der Waals surface area contributed by atoms with Crippen LogP contribution in [0.25, 0.3) is 6.08 Å². The van der Waals surface area contributed by atoms with Crippen LogP contribution in [0.1, 0.15) is 23.0 Å². The number of carboxylic acid groups (broad SMARTS) is 1. The average molecular weight is 406 g/mol. The molecular weight excluding hydrogens is 392 g/mol. The van der Waals surface area contributed by atoms with Gasteiger partial charge in [0.2, 0.25) is 0 Å². The number of aliphatic carboxylic acids is 1. The molecule has 1 aromatic heterocycles. The molecule has 0 saturated carbocycles. The minimum absolute atomic E-state index is 0.157. The smallest absolute Gasteiger partial charge is 0.268 e. The molecule has 0 unspecified atom stereocenters. The predicted molar refractivity (Wildman–Crippen MR) is 90.9 cm³/mol. The van der Waals surface area contributed by atoms with Crippen molar-refractivity contribution < 1.29 is 23.9 Å². The largest absolute Gasteiger partial charge is 0.548 e. The minimum atomic E-state index is -1.44. The zero-order chi connectivity index (χ0) is 18.4. The van der Waals surface area contributed by atoms with Gasteiger partial charge in [0, 0.05) is 16.1 Å². The third-order valence-electron chi connectivity index (χ3n) is 3.13. The van der Waals surface area contributed by atoms with E-state index in [2.05, 4.69) is 26.6 Å². The number of carboxylic acids is 1. The number of rotatable bonds is 6. The van der Waals surface area contributed by atoms with Crippen molar-refractivity contribution in [3.05, 3.63) is 64.2 Å². The summed E-state index contributed by atoms with van der Waals surface area (Å²) >= 11 is 3.27. The Labute approximate surface area is 151 Å². The van der Waals surface area contributed by atoms with E-state index in [0.717, 1.165) is 4.47 Å². The first-order chi connectivity index (χ1) is 11.9. The Hall–Kier alpha value is -2.87. The van der Waals surface area contributed by atoms with Crippen molar-refractivity contribution in [2.24, 2.45) is 0 Å².